The Balaban J connectivity index is 2.70. The van der Waals surface area contributed by atoms with Crippen molar-refractivity contribution in [3.63, 3.8) is 0 Å². The van der Waals surface area contributed by atoms with Gasteiger partial charge in [-0.3, -0.25) is 10.1 Å². The van der Waals surface area contributed by atoms with Crippen LogP contribution in [-0.4, -0.2) is 21.1 Å². The number of nitrogens with one attached hydrogen (secondary N) is 1. The van der Waals surface area contributed by atoms with E-state index in [1.54, 1.807) is 13.0 Å². The topological polar surface area (TPSA) is 105 Å². The highest BCUT2D eigenvalue weighted by molar-refractivity contribution is 6.34. The zero-order valence-corrected chi connectivity index (χ0v) is 11.6. The molecule has 1 unspecified atom stereocenters. The van der Waals surface area contributed by atoms with E-state index in [9.17, 15) is 15.2 Å². The van der Waals surface area contributed by atoms with Crippen molar-refractivity contribution in [1.29, 1.82) is 0 Å². The average molecular weight is 296 g/mol. The maximum Gasteiger partial charge on any atom is 0.297 e. The Kier molecular flexibility index (Phi) is 3.69. The van der Waals surface area contributed by atoms with E-state index in [2.05, 4.69) is 11.6 Å². The van der Waals surface area contributed by atoms with E-state index in [1.165, 1.54) is 6.07 Å². The second-order valence-corrected chi connectivity index (χ2v) is 5.01. The van der Waals surface area contributed by atoms with E-state index in [1.807, 2.05) is 0 Å². The molecule has 0 aliphatic heterocycles. The van der Waals surface area contributed by atoms with Crippen molar-refractivity contribution in [2.24, 2.45) is 5.73 Å². The van der Waals surface area contributed by atoms with Gasteiger partial charge in [-0.2, -0.15) is 0 Å². The highest BCUT2D eigenvalue weighted by Gasteiger charge is 2.24. The maximum atomic E-state index is 11.2. The van der Waals surface area contributed by atoms with Crippen molar-refractivity contribution >= 4 is 28.2 Å². The van der Waals surface area contributed by atoms with Crippen LogP contribution >= 0.6 is 11.6 Å². The third-order valence-electron chi connectivity index (χ3n) is 3.24. The number of aliphatic hydroxyl groups is 1. The number of H-pyrrole nitrogens is 1. The summed E-state index contributed by atoms with van der Waals surface area (Å²) in [5, 5.41) is 21.0. The number of hydrogen-bond donors (Lipinski definition) is 3. The van der Waals surface area contributed by atoms with Gasteiger partial charge in [-0.15, -0.1) is 0 Å². The Labute approximate surface area is 120 Å². The minimum absolute atomic E-state index is 0.0687. The van der Waals surface area contributed by atoms with Gasteiger partial charge in [-0.05, 0) is 31.0 Å². The molecule has 2 rings (SSSR count). The lowest BCUT2D eigenvalue weighted by molar-refractivity contribution is -0.382. The zero-order valence-electron chi connectivity index (χ0n) is 10.8. The summed E-state index contributed by atoms with van der Waals surface area (Å²) >= 11 is 5.92. The number of hydrogen-bond acceptors (Lipinski definition) is 4. The summed E-state index contributed by atoms with van der Waals surface area (Å²) in [5.74, 6) is -0.163. The monoisotopic (exact) mass is 295 g/mol. The fraction of sp³-hybridized carbons (Fsp3) is 0.231. The van der Waals surface area contributed by atoms with Crippen molar-refractivity contribution in [2.75, 3.05) is 0 Å². The van der Waals surface area contributed by atoms with Crippen LogP contribution in [0.2, 0.25) is 5.02 Å². The van der Waals surface area contributed by atoms with Crippen LogP contribution in [-0.2, 0) is 6.42 Å². The second-order valence-electron chi connectivity index (χ2n) is 4.61. The molecule has 1 aromatic carbocycles. The van der Waals surface area contributed by atoms with Crippen molar-refractivity contribution in [1.82, 2.24) is 4.98 Å². The summed E-state index contributed by atoms with van der Waals surface area (Å²) in [6.07, 6.45) is 0.238. The first-order chi connectivity index (χ1) is 9.32. The normalized spacial score (nSPS) is 12.6. The molecule has 6 nitrogen and oxygen atoms in total. The van der Waals surface area contributed by atoms with Gasteiger partial charge in [0.25, 0.3) is 5.69 Å². The number of aromatic amines is 1. The number of halogens is 1. The minimum Gasteiger partial charge on any atom is -0.511 e. The maximum absolute atomic E-state index is 11.2. The van der Waals surface area contributed by atoms with Crippen LogP contribution in [0.1, 0.15) is 11.3 Å². The molecule has 0 saturated heterocycles. The van der Waals surface area contributed by atoms with Crippen LogP contribution < -0.4 is 5.73 Å². The van der Waals surface area contributed by atoms with E-state index in [4.69, 9.17) is 17.3 Å². The molecule has 0 bridgehead atoms. The highest BCUT2D eigenvalue weighted by atomic mass is 35.5. The molecular formula is C13H14ClN3O3. The van der Waals surface area contributed by atoms with Gasteiger partial charge in [-0.25, -0.2) is 0 Å². The summed E-state index contributed by atoms with van der Waals surface area (Å²) in [6.45, 7) is 5.17. The first-order valence-electron chi connectivity index (χ1n) is 5.90. The van der Waals surface area contributed by atoms with Crippen LogP contribution in [0.5, 0.6) is 0 Å². The van der Waals surface area contributed by atoms with Gasteiger partial charge < -0.3 is 15.8 Å². The Hall–Kier alpha value is -2.05. The van der Waals surface area contributed by atoms with Crippen LogP contribution in [0.15, 0.2) is 24.5 Å². The Morgan fingerprint density at radius 2 is 2.30 bits per heavy atom. The van der Waals surface area contributed by atoms with Crippen LogP contribution in [0.25, 0.3) is 10.9 Å². The summed E-state index contributed by atoms with van der Waals surface area (Å²) < 4.78 is 0. The predicted molar refractivity (Wildman–Crippen MR) is 78.1 cm³/mol. The summed E-state index contributed by atoms with van der Waals surface area (Å²) in [7, 11) is 0. The molecule has 0 aliphatic rings. The van der Waals surface area contributed by atoms with Gasteiger partial charge in [0.05, 0.1) is 21.9 Å². The quantitative estimate of drug-likeness (QED) is 0.458. The van der Waals surface area contributed by atoms with Gasteiger partial charge in [0, 0.05) is 5.69 Å². The molecule has 4 N–H and O–H groups in total. The van der Waals surface area contributed by atoms with Gasteiger partial charge in [0.1, 0.15) is 10.8 Å². The predicted octanol–water partition coefficient (Wildman–Crippen LogP) is 2.98. The fourth-order valence-electron chi connectivity index (χ4n) is 2.21. The second kappa shape index (κ2) is 5.15. The molecule has 0 aliphatic carbocycles. The Bertz CT molecular complexity index is 708. The van der Waals surface area contributed by atoms with Gasteiger partial charge in [0.15, 0.2) is 0 Å². The summed E-state index contributed by atoms with van der Waals surface area (Å²) in [4.78, 5) is 13.8. The molecule has 0 amide bonds. The number of aryl methyl sites for hydroxylation is 1. The molecule has 0 saturated carbocycles. The number of aromatic nitrogens is 1. The van der Waals surface area contributed by atoms with E-state index >= 15 is 0 Å². The van der Waals surface area contributed by atoms with Gasteiger partial charge >= 0.3 is 0 Å². The van der Waals surface area contributed by atoms with Crippen LogP contribution in [0.3, 0.4) is 0 Å². The number of nitro benzene ring substituents is 1. The third-order valence-corrected chi connectivity index (χ3v) is 3.54. The molecule has 0 fully saturated rings. The molecule has 1 heterocycles. The first kappa shape index (κ1) is 14.4. The van der Waals surface area contributed by atoms with Crippen molar-refractivity contribution in [3.05, 3.63) is 50.9 Å². The van der Waals surface area contributed by atoms with E-state index in [0.29, 0.717) is 16.5 Å². The van der Waals surface area contributed by atoms with E-state index < -0.39 is 11.0 Å². The van der Waals surface area contributed by atoms with Crippen LogP contribution in [0.4, 0.5) is 5.69 Å². The number of benzene rings is 1. The molecule has 1 atom stereocenters. The lowest BCUT2D eigenvalue weighted by Gasteiger charge is -2.10. The van der Waals surface area contributed by atoms with Crippen molar-refractivity contribution < 1.29 is 10.0 Å². The molecule has 0 radical (unpaired) electrons. The molecule has 7 heteroatoms. The van der Waals surface area contributed by atoms with Crippen molar-refractivity contribution in [3.8, 4) is 0 Å². The average Bonchev–Trinajstić information content (AvgIpc) is 2.65. The molecule has 1 aromatic heterocycles. The number of nitro groups is 1. The molecule has 106 valence electrons. The number of rotatable bonds is 4. The SMILES string of the molecule is C=C(O)C(N)Cc1c(C)[nH]c2ccc(Cl)c([N+](=O)[O-])c12. The molecular weight excluding hydrogens is 282 g/mol. The van der Waals surface area contributed by atoms with Crippen LogP contribution in [0, 0.1) is 17.0 Å². The molecule has 20 heavy (non-hydrogen) atoms. The summed E-state index contributed by atoms with van der Waals surface area (Å²) in [5.41, 5.74) is 7.64. The standard InChI is InChI=1S/C13H14ClN3O3/c1-6-8(5-10(15)7(2)18)12-11(16-6)4-3-9(14)13(12)17(19)20/h3-4,10,16,18H,2,5,15H2,1H3. The van der Waals surface area contributed by atoms with Gasteiger partial charge in [0.2, 0.25) is 0 Å². The third kappa shape index (κ3) is 2.35. The Morgan fingerprint density at radius 1 is 1.65 bits per heavy atom. The van der Waals surface area contributed by atoms with E-state index in [-0.39, 0.29) is 22.9 Å². The first-order valence-corrected chi connectivity index (χ1v) is 6.28. The highest BCUT2D eigenvalue weighted by Crippen LogP contribution is 2.37. The smallest absolute Gasteiger partial charge is 0.297 e. The Morgan fingerprint density at radius 3 is 2.85 bits per heavy atom. The lowest BCUT2D eigenvalue weighted by Crippen LogP contribution is -2.25. The number of aliphatic hydroxyl groups excluding tert-OH is 1. The fourth-order valence-corrected chi connectivity index (χ4v) is 2.44. The largest absolute Gasteiger partial charge is 0.511 e. The number of nitrogens with zero attached hydrogens (tertiary/aromatic N) is 1. The lowest BCUT2D eigenvalue weighted by atomic mass is 10.0. The summed E-state index contributed by atoms with van der Waals surface area (Å²) in [6, 6.07) is 2.47. The number of fused-ring (bicyclic) bond motifs is 1. The molecule has 0 spiro atoms. The molecule has 2 aromatic rings. The van der Waals surface area contributed by atoms with Gasteiger partial charge in [-0.1, -0.05) is 18.2 Å². The zero-order chi connectivity index (χ0) is 15.0. The van der Waals surface area contributed by atoms with E-state index in [0.717, 1.165) is 5.69 Å². The van der Waals surface area contributed by atoms with Crippen molar-refractivity contribution in [2.45, 2.75) is 19.4 Å². The number of nitrogens with two attached hydrogens (primary N) is 1. The minimum atomic E-state index is -0.689.